The number of ether oxygens (including phenoxy) is 1. The highest BCUT2D eigenvalue weighted by Crippen LogP contribution is 2.36. The first-order chi connectivity index (χ1) is 11.6. The van der Waals surface area contributed by atoms with Gasteiger partial charge in [0.2, 0.25) is 5.91 Å². The number of nitrogens with zero attached hydrogens (tertiary/aromatic N) is 1. The van der Waals surface area contributed by atoms with Crippen LogP contribution in [-0.4, -0.2) is 30.6 Å². The van der Waals surface area contributed by atoms with Crippen molar-refractivity contribution in [1.82, 2.24) is 0 Å². The molecular weight excluding hydrogens is 306 g/mol. The number of fused-ring (bicyclic) bond motifs is 1. The van der Waals surface area contributed by atoms with E-state index in [1.807, 2.05) is 30.3 Å². The Kier molecular flexibility index (Phi) is 4.51. The van der Waals surface area contributed by atoms with E-state index in [4.69, 9.17) is 4.74 Å². The van der Waals surface area contributed by atoms with Gasteiger partial charge >= 0.3 is 5.97 Å². The van der Waals surface area contributed by atoms with Crippen LogP contribution >= 0.6 is 0 Å². The van der Waals surface area contributed by atoms with Gasteiger partial charge in [-0.2, -0.15) is 0 Å². The van der Waals surface area contributed by atoms with Gasteiger partial charge in [-0.15, -0.1) is 0 Å². The predicted octanol–water partition coefficient (Wildman–Crippen LogP) is 2.84. The first-order valence-corrected chi connectivity index (χ1v) is 7.86. The summed E-state index contributed by atoms with van der Waals surface area (Å²) in [5.74, 6) is -0.869. The van der Waals surface area contributed by atoms with Crippen molar-refractivity contribution in [2.45, 2.75) is 18.8 Å². The van der Waals surface area contributed by atoms with E-state index in [-0.39, 0.29) is 12.5 Å². The third-order valence-corrected chi connectivity index (χ3v) is 4.37. The van der Waals surface area contributed by atoms with Crippen LogP contribution < -0.4 is 9.64 Å². The van der Waals surface area contributed by atoms with E-state index in [1.54, 1.807) is 30.2 Å². The minimum atomic E-state index is -0.900. The van der Waals surface area contributed by atoms with E-state index in [2.05, 4.69) is 0 Å². The van der Waals surface area contributed by atoms with Crippen LogP contribution in [0.4, 0.5) is 5.69 Å². The van der Waals surface area contributed by atoms with Crippen molar-refractivity contribution in [3.05, 3.63) is 59.7 Å². The zero-order valence-electron chi connectivity index (χ0n) is 13.4. The average Bonchev–Trinajstić information content (AvgIpc) is 3.00. The number of hydrogen-bond acceptors (Lipinski definition) is 3. The fourth-order valence-electron chi connectivity index (χ4n) is 3.14. The number of carboxylic acids is 1. The quantitative estimate of drug-likeness (QED) is 0.918. The Morgan fingerprint density at radius 2 is 1.88 bits per heavy atom. The van der Waals surface area contributed by atoms with Crippen LogP contribution in [0.1, 0.15) is 23.5 Å². The highest BCUT2D eigenvalue weighted by Gasteiger charge is 2.35. The molecule has 0 saturated heterocycles. The summed E-state index contributed by atoms with van der Waals surface area (Å²) >= 11 is 0. The molecule has 5 heteroatoms. The van der Waals surface area contributed by atoms with Crippen LogP contribution in [0.3, 0.4) is 0 Å². The fraction of sp³-hybridized carbons (Fsp3) is 0.263. The zero-order chi connectivity index (χ0) is 17.1. The Balaban J connectivity index is 1.75. The molecular formula is C19H19NO4. The number of carboxylic acid groups (broad SMARTS) is 1. The van der Waals surface area contributed by atoms with E-state index < -0.39 is 11.9 Å². The summed E-state index contributed by atoms with van der Waals surface area (Å²) in [5.41, 5.74) is 2.38. The predicted molar refractivity (Wildman–Crippen MR) is 90.5 cm³/mol. The number of carbonyl (C=O) groups excluding carboxylic acids is 1. The summed E-state index contributed by atoms with van der Waals surface area (Å²) in [6.07, 6.45) is 0.861. The number of rotatable bonds is 5. The number of carbonyl (C=O) groups is 2. The number of methoxy groups -OCH3 is 1. The van der Waals surface area contributed by atoms with Crippen LogP contribution in [0.25, 0.3) is 0 Å². The topological polar surface area (TPSA) is 66.8 Å². The van der Waals surface area contributed by atoms with Crippen LogP contribution in [0, 0.1) is 0 Å². The number of aliphatic carboxylic acids is 1. The summed E-state index contributed by atoms with van der Waals surface area (Å²) < 4.78 is 5.31. The fourth-order valence-corrected chi connectivity index (χ4v) is 3.14. The van der Waals surface area contributed by atoms with Crippen LogP contribution in [-0.2, 0) is 16.0 Å². The van der Waals surface area contributed by atoms with Gasteiger partial charge in [0.15, 0.2) is 0 Å². The lowest BCUT2D eigenvalue weighted by atomic mass is 10.0. The van der Waals surface area contributed by atoms with Gasteiger partial charge in [0.25, 0.3) is 0 Å². The summed E-state index contributed by atoms with van der Waals surface area (Å²) in [7, 11) is 1.61. The van der Waals surface area contributed by atoms with E-state index >= 15 is 0 Å². The van der Waals surface area contributed by atoms with Crippen molar-refractivity contribution in [2.75, 3.05) is 18.6 Å². The van der Waals surface area contributed by atoms with Crippen molar-refractivity contribution in [1.29, 1.82) is 0 Å². The van der Waals surface area contributed by atoms with Crippen molar-refractivity contribution < 1.29 is 19.4 Å². The third kappa shape index (κ3) is 2.97. The first kappa shape index (κ1) is 16.1. The van der Waals surface area contributed by atoms with Gasteiger partial charge in [0, 0.05) is 18.7 Å². The largest absolute Gasteiger partial charge is 0.496 e. The molecule has 1 heterocycles. The molecule has 2 aromatic carbocycles. The normalized spacial score (nSPS) is 15.9. The van der Waals surface area contributed by atoms with E-state index in [1.165, 1.54) is 0 Å². The van der Waals surface area contributed by atoms with Gasteiger partial charge in [-0.25, -0.2) is 0 Å². The zero-order valence-corrected chi connectivity index (χ0v) is 13.4. The lowest BCUT2D eigenvalue weighted by Crippen LogP contribution is -2.31. The van der Waals surface area contributed by atoms with Crippen molar-refractivity contribution in [2.24, 2.45) is 0 Å². The van der Waals surface area contributed by atoms with E-state index in [9.17, 15) is 14.7 Å². The molecule has 124 valence electrons. The summed E-state index contributed by atoms with van der Waals surface area (Å²) in [5, 5.41) is 9.38. The molecule has 5 nitrogen and oxygen atoms in total. The average molecular weight is 325 g/mol. The Hall–Kier alpha value is -2.82. The maximum Gasteiger partial charge on any atom is 0.312 e. The first-order valence-electron chi connectivity index (χ1n) is 7.86. The van der Waals surface area contributed by atoms with Crippen molar-refractivity contribution in [3.63, 3.8) is 0 Å². The van der Waals surface area contributed by atoms with Gasteiger partial charge in [-0.05, 0) is 29.7 Å². The Morgan fingerprint density at radius 1 is 1.17 bits per heavy atom. The number of amides is 1. The molecule has 1 atom stereocenters. The third-order valence-electron chi connectivity index (χ3n) is 4.37. The van der Waals surface area contributed by atoms with Gasteiger partial charge < -0.3 is 14.7 Å². The molecule has 24 heavy (non-hydrogen) atoms. The van der Waals surface area contributed by atoms with Gasteiger partial charge in [-0.1, -0.05) is 36.4 Å². The summed E-state index contributed by atoms with van der Waals surface area (Å²) in [6.45, 7) is 0.194. The standard InChI is InChI=1S/C19H19NO4/c1-24-17-9-5-2-6-13(17)10-11-18(21)20-12-15(19(22)23)14-7-3-4-8-16(14)20/h2-9,15H,10-12H2,1H3,(H,22,23)/t15-/m1/s1. The number of aryl methyl sites for hydroxylation is 1. The summed E-state index contributed by atoms with van der Waals surface area (Å²) in [6, 6.07) is 14.8. The second-order valence-electron chi connectivity index (χ2n) is 5.77. The van der Waals surface area contributed by atoms with Crippen LogP contribution in [0.2, 0.25) is 0 Å². The molecule has 1 amide bonds. The molecule has 1 aliphatic heterocycles. The maximum absolute atomic E-state index is 12.6. The molecule has 0 aliphatic carbocycles. The number of para-hydroxylation sites is 2. The smallest absolute Gasteiger partial charge is 0.312 e. The minimum absolute atomic E-state index is 0.0721. The molecule has 2 aromatic rings. The van der Waals surface area contributed by atoms with Crippen molar-refractivity contribution in [3.8, 4) is 5.75 Å². The van der Waals surface area contributed by atoms with Crippen LogP contribution in [0.5, 0.6) is 5.75 Å². The lowest BCUT2D eigenvalue weighted by Gasteiger charge is -2.18. The lowest BCUT2D eigenvalue weighted by molar-refractivity contribution is -0.138. The molecule has 1 N–H and O–H groups in total. The Morgan fingerprint density at radius 3 is 2.62 bits per heavy atom. The molecule has 0 bridgehead atoms. The number of benzene rings is 2. The molecule has 1 aliphatic rings. The van der Waals surface area contributed by atoms with Gasteiger partial charge in [-0.3, -0.25) is 9.59 Å². The molecule has 0 unspecified atom stereocenters. The number of hydrogen-bond donors (Lipinski definition) is 1. The summed E-state index contributed by atoms with van der Waals surface area (Å²) in [4.78, 5) is 25.7. The Bertz CT molecular complexity index is 771. The Labute approximate surface area is 140 Å². The second-order valence-corrected chi connectivity index (χ2v) is 5.77. The highest BCUT2D eigenvalue weighted by atomic mass is 16.5. The molecule has 0 saturated carbocycles. The molecule has 0 aromatic heterocycles. The van der Waals surface area contributed by atoms with Gasteiger partial charge in [0.05, 0.1) is 7.11 Å². The van der Waals surface area contributed by atoms with Crippen molar-refractivity contribution >= 4 is 17.6 Å². The molecule has 0 fully saturated rings. The van der Waals surface area contributed by atoms with Crippen LogP contribution in [0.15, 0.2) is 48.5 Å². The maximum atomic E-state index is 12.6. The highest BCUT2D eigenvalue weighted by molar-refractivity contribution is 5.99. The second kappa shape index (κ2) is 6.74. The minimum Gasteiger partial charge on any atom is -0.496 e. The van der Waals surface area contributed by atoms with E-state index in [0.717, 1.165) is 11.3 Å². The molecule has 3 rings (SSSR count). The van der Waals surface area contributed by atoms with Gasteiger partial charge in [0.1, 0.15) is 11.7 Å². The molecule has 0 spiro atoms. The molecule has 0 radical (unpaired) electrons. The number of anilines is 1. The monoisotopic (exact) mass is 325 g/mol. The van der Waals surface area contributed by atoms with E-state index in [0.29, 0.717) is 24.1 Å². The SMILES string of the molecule is COc1ccccc1CCC(=O)N1C[C@@H](C(=O)O)c2ccccc21.